The van der Waals surface area contributed by atoms with Crippen LogP contribution in [-0.4, -0.2) is 36.9 Å². The molecule has 22 heavy (non-hydrogen) atoms. The van der Waals surface area contributed by atoms with Crippen LogP contribution in [0.1, 0.15) is 25.3 Å². The van der Waals surface area contributed by atoms with E-state index in [9.17, 15) is 19.7 Å². The number of methoxy groups -OCH3 is 1. The highest BCUT2D eigenvalue weighted by atomic mass is 16.6. The Morgan fingerprint density at radius 3 is 2.45 bits per heavy atom. The molecule has 2 unspecified atom stereocenters. The number of para-hydroxylation sites is 1. The SMILES string of the molecule is CCOC(=O)C(C(C)=O)C(C[N+](=O)[O-])c1ccccc1OC. The van der Waals surface area contributed by atoms with Gasteiger partial charge in [0.2, 0.25) is 6.54 Å². The van der Waals surface area contributed by atoms with Gasteiger partial charge in [0, 0.05) is 10.5 Å². The van der Waals surface area contributed by atoms with Crippen LogP contribution in [0.25, 0.3) is 0 Å². The van der Waals surface area contributed by atoms with E-state index in [1.165, 1.54) is 14.0 Å². The van der Waals surface area contributed by atoms with Gasteiger partial charge in [-0.15, -0.1) is 0 Å². The first-order valence-corrected chi connectivity index (χ1v) is 6.84. The number of ether oxygens (including phenoxy) is 2. The van der Waals surface area contributed by atoms with Crippen molar-refractivity contribution in [2.24, 2.45) is 5.92 Å². The van der Waals surface area contributed by atoms with Gasteiger partial charge in [-0.2, -0.15) is 0 Å². The van der Waals surface area contributed by atoms with E-state index in [1.54, 1.807) is 31.2 Å². The van der Waals surface area contributed by atoms with E-state index in [-0.39, 0.29) is 6.61 Å². The van der Waals surface area contributed by atoms with Crippen molar-refractivity contribution in [2.45, 2.75) is 19.8 Å². The van der Waals surface area contributed by atoms with Gasteiger partial charge < -0.3 is 9.47 Å². The van der Waals surface area contributed by atoms with Crippen LogP contribution in [0, 0.1) is 16.0 Å². The molecule has 0 aliphatic carbocycles. The Labute approximate surface area is 128 Å². The lowest BCUT2D eigenvalue weighted by Crippen LogP contribution is -2.34. The van der Waals surface area contributed by atoms with Crippen molar-refractivity contribution in [2.75, 3.05) is 20.3 Å². The molecule has 1 aromatic carbocycles. The largest absolute Gasteiger partial charge is 0.496 e. The summed E-state index contributed by atoms with van der Waals surface area (Å²) in [5, 5.41) is 11.0. The minimum atomic E-state index is -1.23. The molecule has 0 radical (unpaired) electrons. The molecule has 2 atom stereocenters. The molecule has 0 amide bonds. The summed E-state index contributed by atoms with van der Waals surface area (Å²) in [7, 11) is 1.43. The second kappa shape index (κ2) is 8.11. The van der Waals surface area contributed by atoms with Crippen molar-refractivity contribution < 1.29 is 24.0 Å². The molecule has 0 aliphatic heterocycles. The number of Topliss-reactive ketones (excluding diaryl/α,β-unsaturated/α-hetero) is 1. The van der Waals surface area contributed by atoms with E-state index in [4.69, 9.17) is 9.47 Å². The van der Waals surface area contributed by atoms with Crippen molar-refractivity contribution in [3.05, 3.63) is 39.9 Å². The third-order valence-corrected chi connectivity index (χ3v) is 3.27. The topological polar surface area (TPSA) is 95.7 Å². The monoisotopic (exact) mass is 309 g/mol. The van der Waals surface area contributed by atoms with Crippen molar-refractivity contribution in [1.29, 1.82) is 0 Å². The number of rotatable bonds is 8. The number of hydrogen-bond donors (Lipinski definition) is 0. The molecule has 0 aliphatic rings. The highest BCUT2D eigenvalue weighted by molar-refractivity contribution is 5.99. The average molecular weight is 309 g/mol. The molecule has 7 nitrogen and oxygen atoms in total. The summed E-state index contributed by atoms with van der Waals surface area (Å²) in [6.07, 6.45) is 0. The van der Waals surface area contributed by atoms with Gasteiger partial charge in [0.15, 0.2) is 0 Å². The Balaban J connectivity index is 3.33. The summed E-state index contributed by atoms with van der Waals surface area (Å²) in [6.45, 7) is 2.37. The predicted molar refractivity (Wildman–Crippen MR) is 78.4 cm³/mol. The molecule has 0 spiro atoms. The van der Waals surface area contributed by atoms with Crippen molar-refractivity contribution >= 4 is 11.8 Å². The Kier molecular flexibility index (Phi) is 6.49. The molecule has 0 aromatic heterocycles. The fourth-order valence-electron chi connectivity index (χ4n) is 2.36. The molecule has 0 fully saturated rings. The van der Waals surface area contributed by atoms with Gasteiger partial charge in [-0.05, 0) is 19.9 Å². The first kappa shape index (κ1) is 17.6. The van der Waals surface area contributed by atoms with Crippen LogP contribution < -0.4 is 4.74 Å². The van der Waals surface area contributed by atoms with Gasteiger partial charge in [-0.1, -0.05) is 18.2 Å². The van der Waals surface area contributed by atoms with E-state index >= 15 is 0 Å². The molecule has 1 rings (SSSR count). The molecule has 0 heterocycles. The number of carbonyl (C=O) groups is 2. The molecule has 0 N–H and O–H groups in total. The van der Waals surface area contributed by atoms with Crippen molar-refractivity contribution in [3.8, 4) is 5.75 Å². The van der Waals surface area contributed by atoms with E-state index < -0.39 is 35.1 Å². The molecule has 0 saturated carbocycles. The van der Waals surface area contributed by atoms with Gasteiger partial charge in [0.1, 0.15) is 17.5 Å². The summed E-state index contributed by atoms with van der Waals surface area (Å²) < 4.78 is 10.1. The number of hydrogen-bond acceptors (Lipinski definition) is 6. The molecular weight excluding hydrogens is 290 g/mol. The molecule has 1 aromatic rings. The minimum absolute atomic E-state index is 0.0969. The van der Waals surface area contributed by atoms with Crippen molar-refractivity contribution in [1.82, 2.24) is 0 Å². The van der Waals surface area contributed by atoms with Crippen LogP contribution in [0.2, 0.25) is 0 Å². The van der Waals surface area contributed by atoms with E-state index in [2.05, 4.69) is 0 Å². The fraction of sp³-hybridized carbons (Fsp3) is 0.467. The number of nitro groups is 1. The summed E-state index contributed by atoms with van der Waals surface area (Å²) in [6, 6.07) is 6.62. The molecule has 0 bridgehead atoms. The second-order valence-electron chi connectivity index (χ2n) is 4.70. The molecule has 120 valence electrons. The molecular formula is C15H19NO6. The zero-order chi connectivity index (χ0) is 16.7. The van der Waals surface area contributed by atoms with E-state index in [0.29, 0.717) is 11.3 Å². The highest BCUT2D eigenvalue weighted by Crippen LogP contribution is 2.33. The van der Waals surface area contributed by atoms with Gasteiger partial charge in [0.05, 0.1) is 19.6 Å². The standard InChI is InChI=1S/C15H19NO6/c1-4-22-15(18)14(10(2)17)12(9-16(19)20)11-7-5-6-8-13(11)21-3/h5-8,12,14H,4,9H2,1-3H3. The number of carbonyl (C=O) groups excluding carboxylic acids is 2. The number of ketones is 1. The van der Waals surface area contributed by atoms with Crippen LogP contribution in [0.3, 0.4) is 0 Å². The van der Waals surface area contributed by atoms with Crippen LogP contribution in [-0.2, 0) is 14.3 Å². The van der Waals surface area contributed by atoms with Gasteiger partial charge in [-0.3, -0.25) is 19.7 Å². The van der Waals surface area contributed by atoms with Gasteiger partial charge in [0.25, 0.3) is 0 Å². The maximum absolute atomic E-state index is 12.1. The van der Waals surface area contributed by atoms with E-state index in [1.807, 2.05) is 0 Å². The summed E-state index contributed by atoms with van der Waals surface area (Å²) in [4.78, 5) is 34.4. The first-order valence-electron chi connectivity index (χ1n) is 6.84. The zero-order valence-electron chi connectivity index (χ0n) is 12.8. The minimum Gasteiger partial charge on any atom is -0.496 e. The van der Waals surface area contributed by atoms with Gasteiger partial charge >= 0.3 is 5.97 Å². The smallest absolute Gasteiger partial charge is 0.317 e. The average Bonchev–Trinajstić information content (AvgIpc) is 2.46. The third-order valence-electron chi connectivity index (χ3n) is 3.27. The lowest BCUT2D eigenvalue weighted by Gasteiger charge is -2.22. The number of esters is 1. The first-order chi connectivity index (χ1) is 10.4. The van der Waals surface area contributed by atoms with Crippen LogP contribution in [0.4, 0.5) is 0 Å². The third kappa shape index (κ3) is 4.28. The van der Waals surface area contributed by atoms with Crippen LogP contribution in [0.5, 0.6) is 5.75 Å². The second-order valence-corrected chi connectivity index (χ2v) is 4.70. The van der Waals surface area contributed by atoms with Crippen molar-refractivity contribution in [3.63, 3.8) is 0 Å². The fourth-order valence-corrected chi connectivity index (χ4v) is 2.36. The Bertz CT molecular complexity index is 557. The Morgan fingerprint density at radius 1 is 1.32 bits per heavy atom. The van der Waals surface area contributed by atoms with Crippen LogP contribution >= 0.6 is 0 Å². The molecule has 7 heteroatoms. The lowest BCUT2D eigenvalue weighted by molar-refractivity contribution is -0.484. The number of benzene rings is 1. The highest BCUT2D eigenvalue weighted by Gasteiger charge is 2.39. The van der Waals surface area contributed by atoms with E-state index in [0.717, 1.165) is 0 Å². The Hall–Kier alpha value is -2.44. The van der Waals surface area contributed by atoms with Gasteiger partial charge in [-0.25, -0.2) is 0 Å². The summed E-state index contributed by atoms with van der Waals surface area (Å²) >= 11 is 0. The normalized spacial score (nSPS) is 13.0. The maximum atomic E-state index is 12.1. The quantitative estimate of drug-likeness (QED) is 0.314. The maximum Gasteiger partial charge on any atom is 0.317 e. The Morgan fingerprint density at radius 2 is 1.95 bits per heavy atom. The van der Waals surface area contributed by atoms with Crippen LogP contribution in [0.15, 0.2) is 24.3 Å². The predicted octanol–water partition coefficient (Wildman–Crippen LogP) is 1.82. The molecule has 0 saturated heterocycles. The number of nitrogens with zero attached hydrogens (tertiary/aromatic N) is 1. The lowest BCUT2D eigenvalue weighted by atomic mass is 9.83. The zero-order valence-corrected chi connectivity index (χ0v) is 12.8. The summed E-state index contributed by atoms with van der Waals surface area (Å²) in [5.41, 5.74) is 0.440. The summed E-state index contributed by atoms with van der Waals surface area (Å²) in [5.74, 6) is -3.02.